The number of amides is 2. The predicted molar refractivity (Wildman–Crippen MR) is 111 cm³/mol. The molecule has 2 rings (SSSR count). The molecule has 0 spiro atoms. The van der Waals surface area contributed by atoms with Crippen molar-refractivity contribution in [2.45, 2.75) is 12.5 Å². The van der Waals surface area contributed by atoms with Crippen molar-refractivity contribution >= 4 is 29.4 Å². The molecule has 1 aromatic rings. The molecule has 1 aromatic carbocycles. The number of halogens is 1. The number of aliphatic imine (C=N–C) groups is 1. The van der Waals surface area contributed by atoms with Crippen LogP contribution in [0.2, 0.25) is 0 Å². The van der Waals surface area contributed by atoms with Crippen LogP contribution in [-0.4, -0.2) is 65.5 Å². The Labute approximate surface area is 174 Å². The van der Waals surface area contributed by atoms with Gasteiger partial charge in [0.2, 0.25) is 5.91 Å². The van der Waals surface area contributed by atoms with Crippen LogP contribution >= 0.6 is 11.6 Å². The number of carbonyl (C=O) groups is 2. The highest BCUT2D eigenvalue weighted by Crippen LogP contribution is 2.22. The number of nitrogens with two attached hydrogens (primary N) is 1. The van der Waals surface area contributed by atoms with Crippen molar-refractivity contribution in [3.63, 3.8) is 0 Å². The van der Waals surface area contributed by atoms with Crippen molar-refractivity contribution in [3.05, 3.63) is 59.8 Å². The highest BCUT2D eigenvalue weighted by molar-refractivity contribution is 6.31. The molecule has 1 aliphatic rings. The van der Waals surface area contributed by atoms with Crippen molar-refractivity contribution < 1.29 is 19.4 Å². The molecular weight excluding hydrogens is 396 g/mol. The Kier molecular flexibility index (Phi) is 8.69. The molecule has 0 radical (unpaired) electrons. The molecule has 8 nitrogen and oxygen atoms in total. The minimum Gasteiger partial charge on any atom is -0.441 e. The number of hydrogen-bond donors (Lipinski definition) is 2. The number of piperazine rings is 1. The smallest absolute Gasteiger partial charge is 0.405 e. The van der Waals surface area contributed by atoms with Gasteiger partial charge in [-0.1, -0.05) is 48.5 Å². The fourth-order valence-corrected chi connectivity index (χ4v) is 3.00. The van der Waals surface area contributed by atoms with Crippen LogP contribution in [0.4, 0.5) is 4.79 Å². The van der Waals surface area contributed by atoms with E-state index in [2.05, 4.69) is 11.6 Å². The molecule has 156 valence electrons. The summed E-state index contributed by atoms with van der Waals surface area (Å²) in [5.41, 5.74) is 5.87. The van der Waals surface area contributed by atoms with Gasteiger partial charge in [-0.25, -0.2) is 9.79 Å². The van der Waals surface area contributed by atoms with Crippen LogP contribution in [0.5, 0.6) is 0 Å². The summed E-state index contributed by atoms with van der Waals surface area (Å²) in [6, 6.07) is 9.01. The Bertz CT molecular complexity index is 774. The molecule has 1 heterocycles. The number of amidine groups is 1. The number of benzene rings is 1. The van der Waals surface area contributed by atoms with E-state index in [1.54, 1.807) is 29.2 Å². The second-order valence-electron chi connectivity index (χ2n) is 6.33. The lowest BCUT2D eigenvalue weighted by atomic mass is 10.1. The van der Waals surface area contributed by atoms with Crippen LogP contribution in [-0.2, 0) is 9.53 Å². The highest BCUT2D eigenvalue weighted by atomic mass is 35.5. The molecule has 9 heteroatoms. The Morgan fingerprint density at radius 3 is 2.41 bits per heavy atom. The lowest BCUT2D eigenvalue weighted by Crippen LogP contribution is -2.51. The summed E-state index contributed by atoms with van der Waals surface area (Å²) < 4.78 is 5.14. The zero-order valence-electron chi connectivity index (χ0n) is 16.0. The van der Waals surface area contributed by atoms with E-state index >= 15 is 0 Å². The topological polar surface area (TPSA) is 108 Å². The number of carbonyl (C=O) groups excluding carboxylic acids is 2. The van der Waals surface area contributed by atoms with Gasteiger partial charge in [-0.05, 0) is 11.6 Å². The third-order valence-corrected chi connectivity index (χ3v) is 4.71. The van der Waals surface area contributed by atoms with Gasteiger partial charge in [0.05, 0.1) is 11.5 Å². The van der Waals surface area contributed by atoms with Gasteiger partial charge in [0.25, 0.3) is 0 Å². The van der Waals surface area contributed by atoms with E-state index in [1.807, 2.05) is 11.0 Å². The van der Waals surface area contributed by atoms with Gasteiger partial charge in [0.1, 0.15) is 18.5 Å². The predicted octanol–water partition coefficient (Wildman–Crippen LogP) is 2.01. The lowest BCUT2D eigenvalue weighted by Gasteiger charge is -2.36. The number of aliphatic hydroxyl groups excluding tert-OH is 1. The third kappa shape index (κ3) is 6.92. The number of nitrogens with zero attached hydrogens (tertiary/aromatic N) is 3. The maximum atomic E-state index is 12.7. The molecule has 1 atom stereocenters. The summed E-state index contributed by atoms with van der Waals surface area (Å²) >= 11 is 5.84. The quantitative estimate of drug-likeness (QED) is 0.398. The number of primary amides is 1. The average Bonchev–Trinajstić information content (AvgIpc) is 2.74. The van der Waals surface area contributed by atoms with E-state index in [4.69, 9.17) is 22.1 Å². The number of aliphatic hydroxyl groups is 1. The van der Waals surface area contributed by atoms with Crippen molar-refractivity contribution in [1.82, 2.24) is 9.80 Å². The molecule has 2 amide bonds. The number of rotatable bonds is 7. The van der Waals surface area contributed by atoms with E-state index in [-0.39, 0.29) is 18.9 Å². The second kappa shape index (κ2) is 11.2. The first-order valence-electron chi connectivity index (χ1n) is 9.14. The molecule has 0 saturated carbocycles. The largest absolute Gasteiger partial charge is 0.441 e. The summed E-state index contributed by atoms with van der Waals surface area (Å²) in [5.74, 6) is 0.327. The minimum atomic E-state index is -0.925. The SMILES string of the molecule is C=C/C(Cl)=C\N=C(CO)N1CCN(C(=O)CC(OC(N)=O)c2ccccc2)CC1. The Morgan fingerprint density at radius 1 is 1.24 bits per heavy atom. The van der Waals surface area contributed by atoms with Crippen molar-refractivity contribution in [3.8, 4) is 0 Å². The Morgan fingerprint density at radius 2 is 1.86 bits per heavy atom. The minimum absolute atomic E-state index is 0.00554. The van der Waals surface area contributed by atoms with E-state index in [0.717, 1.165) is 0 Å². The fourth-order valence-electron chi connectivity index (χ4n) is 2.95. The van der Waals surface area contributed by atoms with Gasteiger partial charge < -0.3 is 25.4 Å². The Balaban J connectivity index is 1.98. The summed E-state index contributed by atoms with van der Waals surface area (Å²) in [6.07, 6.45) is 1.22. The van der Waals surface area contributed by atoms with Crippen molar-refractivity contribution in [2.24, 2.45) is 10.7 Å². The molecule has 1 saturated heterocycles. The highest BCUT2D eigenvalue weighted by Gasteiger charge is 2.26. The average molecular weight is 421 g/mol. The van der Waals surface area contributed by atoms with Crippen molar-refractivity contribution in [2.75, 3.05) is 32.8 Å². The standard InChI is InChI=1S/C20H25ClN4O4/c1-2-16(21)13-23-18(14-26)24-8-10-25(11-9-24)19(27)12-17(29-20(22)28)15-6-4-3-5-7-15/h2-7,13,17,26H,1,8-12,14H2,(H2,22,28)/b16-13+,23-18?. The summed E-state index contributed by atoms with van der Waals surface area (Å²) in [6.45, 7) is 5.23. The molecule has 0 bridgehead atoms. The summed E-state index contributed by atoms with van der Waals surface area (Å²) in [4.78, 5) is 31.7. The van der Waals surface area contributed by atoms with Crippen LogP contribution < -0.4 is 5.73 Å². The summed E-state index contributed by atoms with van der Waals surface area (Å²) in [7, 11) is 0. The molecular formula is C20H25ClN4O4. The molecule has 3 N–H and O–H groups in total. The molecule has 0 aromatic heterocycles. The molecule has 1 aliphatic heterocycles. The van der Waals surface area contributed by atoms with Crippen LogP contribution in [0.3, 0.4) is 0 Å². The van der Waals surface area contributed by atoms with E-state index in [0.29, 0.717) is 42.6 Å². The number of ether oxygens (including phenoxy) is 1. The molecule has 1 unspecified atom stereocenters. The maximum absolute atomic E-state index is 12.7. The van der Waals surface area contributed by atoms with E-state index < -0.39 is 12.2 Å². The first kappa shape index (κ1) is 22.4. The Hall–Kier alpha value is -2.84. The van der Waals surface area contributed by atoms with Crippen LogP contribution in [0.25, 0.3) is 0 Å². The van der Waals surface area contributed by atoms with Crippen molar-refractivity contribution in [1.29, 1.82) is 0 Å². The van der Waals surface area contributed by atoms with Gasteiger partial charge in [0.15, 0.2) is 0 Å². The third-order valence-electron chi connectivity index (χ3n) is 4.46. The van der Waals surface area contributed by atoms with Crippen LogP contribution in [0.15, 0.2) is 59.2 Å². The van der Waals surface area contributed by atoms with E-state index in [1.165, 1.54) is 12.3 Å². The lowest BCUT2D eigenvalue weighted by molar-refractivity contribution is -0.134. The van der Waals surface area contributed by atoms with Gasteiger partial charge in [-0.3, -0.25) is 4.79 Å². The number of allylic oxidation sites excluding steroid dienone is 2. The zero-order valence-corrected chi connectivity index (χ0v) is 16.8. The normalized spacial score (nSPS) is 16.3. The van der Waals surface area contributed by atoms with Crippen LogP contribution in [0, 0.1) is 0 Å². The van der Waals surface area contributed by atoms with Gasteiger partial charge in [-0.15, -0.1) is 0 Å². The molecule has 1 fully saturated rings. The van der Waals surface area contributed by atoms with Gasteiger partial charge in [-0.2, -0.15) is 0 Å². The fraction of sp³-hybridized carbons (Fsp3) is 0.350. The maximum Gasteiger partial charge on any atom is 0.405 e. The number of hydrogen-bond acceptors (Lipinski definition) is 5. The second-order valence-corrected chi connectivity index (χ2v) is 6.77. The van der Waals surface area contributed by atoms with E-state index in [9.17, 15) is 14.7 Å². The van der Waals surface area contributed by atoms with Gasteiger partial charge in [0, 0.05) is 32.4 Å². The first-order valence-corrected chi connectivity index (χ1v) is 9.51. The monoisotopic (exact) mass is 420 g/mol. The zero-order chi connectivity index (χ0) is 21.2. The summed E-state index contributed by atoms with van der Waals surface area (Å²) in [5, 5.41) is 9.92. The van der Waals surface area contributed by atoms with Gasteiger partial charge >= 0.3 is 6.09 Å². The van der Waals surface area contributed by atoms with Crippen LogP contribution in [0.1, 0.15) is 18.1 Å². The first-order chi connectivity index (χ1) is 13.9. The molecule has 0 aliphatic carbocycles. The molecule has 29 heavy (non-hydrogen) atoms.